The van der Waals surface area contributed by atoms with Gasteiger partial charge >= 0.3 is 0 Å². The van der Waals surface area contributed by atoms with Crippen LogP contribution in [0.5, 0.6) is 0 Å². The highest BCUT2D eigenvalue weighted by Gasteiger charge is 2.30. The summed E-state index contributed by atoms with van der Waals surface area (Å²) in [5.74, 6) is -0.217. The molecule has 3 aromatic rings. The van der Waals surface area contributed by atoms with Gasteiger partial charge in [0.15, 0.2) is 0 Å². The molecule has 5 heteroatoms. The number of aryl methyl sites for hydroxylation is 1. The summed E-state index contributed by atoms with van der Waals surface area (Å²) in [5.41, 5.74) is 2.04. The summed E-state index contributed by atoms with van der Waals surface area (Å²) in [6, 6.07) is 8.85. The van der Waals surface area contributed by atoms with Crippen LogP contribution in [0.4, 0.5) is 4.39 Å². The largest absolute Gasteiger partial charge is 0.348 e. The van der Waals surface area contributed by atoms with Crippen molar-refractivity contribution >= 4 is 27.3 Å². The zero-order valence-electron chi connectivity index (χ0n) is 13.0. The number of thiophene rings is 1. The van der Waals surface area contributed by atoms with Crippen LogP contribution in [-0.4, -0.2) is 21.9 Å². The van der Waals surface area contributed by atoms with Crippen LogP contribution >= 0.6 is 11.3 Å². The van der Waals surface area contributed by atoms with Gasteiger partial charge in [-0.05, 0) is 55.1 Å². The second-order valence-electron chi connectivity index (χ2n) is 6.00. The number of amides is 1. The summed E-state index contributed by atoms with van der Waals surface area (Å²) in [6.45, 7) is 5.48. The maximum atomic E-state index is 13.5. The number of aromatic nitrogens is 1. The SMILES string of the molecule is Cc1c(C(=O)N2CCn3cccc3C2C)sc2ccc(F)cc12. The molecule has 0 saturated heterocycles. The molecule has 23 heavy (non-hydrogen) atoms. The van der Waals surface area contributed by atoms with Crippen molar-refractivity contribution in [1.29, 1.82) is 0 Å². The van der Waals surface area contributed by atoms with Gasteiger partial charge in [-0.1, -0.05) is 0 Å². The van der Waals surface area contributed by atoms with Crippen molar-refractivity contribution in [2.24, 2.45) is 0 Å². The van der Waals surface area contributed by atoms with E-state index in [9.17, 15) is 9.18 Å². The second-order valence-corrected chi connectivity index (χ2v) is 7.05. The van der Waals surface area contributed by atoms with E-state index < -0.39 is 0 Å². The van der Waals surface area contributed by atoms with Gasteiger partial charge in [-0.3, -0.25) is 4.79 Å². The van der Waals surface area contributed by atoms with Crippen LogP contribution < -0.4 is 0 Å². The fraction of sp³-hybridized carbons (Fsp3) is 0.278. The van der Waals surface area contributed by atoms with E-state index in [0.29, 0.717) is 6.54 Å². The fourth-order valence-electron chi connectivity index (χ4n) is 3.38. The van der Waals surface area contributed by atoms with E-state index in [1.165, 1.54) is 23.5 Å². The van der Waals surface area contributed by atoms with Crippen molar-refractivity contribution in [2.45, 2.75) is 26.4 Å². The minimum absolute atomic E-state index is 0.0454. The first kappa shape index (κ1) is 14.5. The van der Waals surface area contributed by atoms with Gasteiger partial charge in [-0.25, -0.2) is 4.39 Å². The minimum atomic E-state index is -0.262. The smallest absolute Gasteiger partial charge is 0.264 e. The summed E-state index contributed by atoms with van der Waals surface area (Å²) in [4.78, 5) is 15.7. The van der Waals surface area contributed by atoms with E-state index in [0.717, 1.165) is 32.8 Å². The summed E-state index contributed by atoms with van der Waals surface area (Å²) < 4.78 is 16.6. The zero-order valence-corrected chi connectivity index (χ0v) is 13.9. The number of nitrogens with zero attached hydrogens (tertiary/aromatic N) is 2. The number of fused-ring (bicyclic) bond motifs is 2. The molecule has 1 aliphatic heterocycles. The van der Waals surface area contributed by atoms with Crippen molar-refractivity contribution in [3.63, 3.8) is 0 Å². The lowest BCUT2D eigenvalue weighted by Crippen LogP contribution is -2.40. The third-order valence-corrected chi connectivity index (χ3v) is 5.96. The number of hydrogen-bond donors (Lipinski definition) is 0. The molecule has 3 nitrogen and oxygen atoms in total. The first-order chi connectivity index (χ1) is 11.1. The third kappa shape index (κ3) is 2.18. The van der Waals surface area contributed by atoms with Gasteiger partial charge in [0, 0.05) is 29.7 Å². The van der Waals surface area contributed by atoms with Gasteiger partial charge in [-0.15, -0.1) is 11.3 Å². The number of halogens is 1. The molecule has 1 atom stereocenters. The average Bonchev–Trinajstić information content (AvgIpc) is 3.13. The summed E-state index contributed by atoms with van der Waals surface area (Å²) in [6.07, 6.45) is 2.06. The molecule has 1 aromatic carbocycles. The number of hydrogen-bond acceptors (Lipinski definition) is 2. The van der Waals surface area contributed by atoms with Gasteiger partial charge in [0.2, 0.25) is 0 Å². The molecule has 2 aromatic heterocycles. The van der Waals surface area contributed by atoms with Gasteiger partial charge in [-0.2, -0.15) is 0 Å². The predicted molar refractivity (Wildman–Crippen MR) is 90.4 cm³/mol. The van der Waals surface area contributed by atoms with E-state index in [1.807, 2.05) is 17.9 Å². The standard InChI is InChI=1S/C18H17FN2OS/c1-11-14-10-13(19)5-6-16(14)23-17(11)18(22)21-9-8-20-7-3-4-15(20)12(21)2/h3-7,10,12H,8-9H2,1-2H3. The number of rotatable bonds is 1. The average molecular weight is 328 g/mol. The lowest BCUT2D eigenvalue weighted by atomic mass is 10.1. The van der Waals surface area contributed by atoms with Gasteiger partial charge in [0.1, 0.15) is 5.82 Å². The highest BCUT2D eigenvalue weighted by Crippen LogP contribution is 2.34. The van der Waals surface area contributed by atoms with Crippen LogP contribution in [0.15, 0.2) is 36.5 Å². The molecule has 0 fully saturated rings. The molecule has 1 amide bonds. The quantitative estimate of drug-likeness (QED) is 0.651. The Hall–Kier alpha value is -2.14. The molecule has 0 bridgehead atoms. The van der Waals surface area contributed by atoms with Crippen molar-refractivity contribution in [2.75, 3.05) is 6.54 Å². The van der Waals surface area contributed by atoms with E-state index in [-0.39, 0.29) is 17.8 Å². The Kier molecular flexibility index (Phi) is 3.27. The second kappa shape index (κ2) is 5.20. The van der Waals surface area contributed by atoms with Crippen LogP contribution in [0.3, 0.4) is 0 Å². The van der Waals surface area contributed by atoms with Crippen LogP contribution in [-0.2, 0) is 6.54 Å². The van der Waals surface area contributed by atoms with Crippen LogP contribution in [0.1, 0.15) is 33.9 Å². The lowest BCUT2D eigenvalue weighted by Gasteiger charge is -2.34. The molecule has 0 saturated carbocycles. The maximum Gasteiger partial charge on any atom is 0.264 e. The normalized spacial score (nSPS) is 17.5. The third-order valence-electron chi connectivity index (χ3n) is 4.70. The van der Waals surface area contributed by atoms with E-state index in [4.69, 9.17) is 0 Å². The Morgan fingerprint density at radius 1 is 1.30 bits per heavy atom. The molecule has 1 unspecified atom stereocenters. The number of carbonyl (C=O) groups is 1. The zero-order chi connectivity index (χ0) is 16.1. The maximum absolute atomic E-state index is 13.5. The molecular weight excluding hydrogens is 311 g/mol. The number of benzene rings is 1. The monoisotopic (exact) mass is 328 g/mol. The van der Waals surface area contributed by atoms with Crippen molar-refractivity contribution < 1.29 is 9.18 Å². The Balaban J connectivity index is 1.74. The van der Waals surface area contributed by atoms with Crippen LogP contribution in [0.2, 0.25) is 0 Å². The van der Waals surface area contributed by atoms with Gasteiger partial charge in [0.05, 0.1) is 10.9 Å². The Bertz CT molecular complexity index is 911. The molecule has 0 N–H and O–H groups in total. The van der Waals surface area contributed by atoms with Crippen molar-refractivity contribution in [3.8, 4) is 0 Å². The molecule has 0 spiro atoms. The Morgan fingerprint density at radius 2 is 2.13 bits per heavy atom. The Labute approximate surface area is 138 Å². The molecule has 1 aliphatic rings. The van der Waals surface area contributed by atoms with Crippen molar-refractivity contribution in [1.82, 2.24) is 9.47 Å². The van der Waals surface area contributed by atoms with Gasteiger partial charge in [0.25, 0.3) is 5.91 Å². The van der Waals surface area contributed by atoms with E-state index >= 15 is 0 Å². The van der Waals surface area contributed by atoms with E-state index in [1.54, 1.807) is 6.07 Å². The van der Waals surface area contributed by atoms with Crippen LogP contribution in [0, 0.1) is 12.7 Å². The summed E-state index contributed by atoms with van der Waals surface area (Å²) in [5, 5.41) is 0.839. The molecule has 4 rings (SSSR count). The first-order valence-corrected chi connectivity index (χ1v) is 8.52. The summed E-state index contributed by atoms with van der Waals surface area (Å²) in [7, 11) is 0. The highest BCUT2D eigenvalue weighted by molar-refractivity contribution is 7.21. The van der Waals surface area contributed by atoms with Crippen molar-refractivity contribution in [3.05, 3.63) is 58.5 Å². The summed E-state index contributed by atoms with van der Waals surface area (Å²) >= 11 is 1.46. The predicted octanol–water partition coefficient (Wildman–Crippen LogP) is 4.37. The fourth-order valence-corrected chi connectivity index (χ4v) is 4.53. The highest BCUT2D eigenvalue weighted by atomic mass is 32.1. The van der Waals surface area contributed by atoms with Crippen LogP contribution in [0.25, 0.3) is 10.1 Å². The molecule has 118 valence electrons. The molecular formula is C18H17FN2OS. The molecule has 0 radical (unpaired) electrons. The first-order valence-electron chi connectivity index (χ1n) is 7.71. The number of carbonyl (C=O) groups excluding carboxylic acids is 1. The molecule has 3 heterocycles. The topological polar surface area (TPSA) is 25.2 Å². The van der Waals surface area contributed by atoms with Gasteiger partial charge < -0.3 is 9.47 Å². The van der Waals surface area contributed by atoms with E-state index in [2.05, 4.69) is 23.8 Å². The lowest BCUT2D eigenvalue weighted by molar-refractivity contribution is 0.0648. The Morgan fingerprint density at radius 3 is 2.96 bits per heavy atom. The minimum Gasteiger partial charge on any atom is -0.348 e. The molecule has 0 aliphatic carbocycles.